The Kier molecular flexibility index (Phi) is 10.3. The third-order valence-electron chi connectivity index (χ3n) is 6.24. The second kappa shape index (κ2) is 12.4. The van der Waals surface area contributed by atoms with Gasteiger partial charge in [0.2, 0.25) is 27.7 Å². The van der Waals surface area contributed by atoms with Crippen LogP contribution in [0.1, 0.15) is 47.5 Å². The van der Waals surface area contributed by atoms with Crippen molar-refractivity contribution >= 4 is 33.4 Å². The van der Waals surface area contributed by atoms with Crippen LogP contribution in [0.25, 0.3) is 0 Å². The first-order chi connectivity index (χ1) is 17.5. The van der Waals surface area contributed by atoms with Crippen molar-refractivity contribution < 1.29 is 41.1 Å². The van der Waals surface area contributed by atoms with Gasteiger partial charge in [-0.2, -0.15) is 17.9 Å². The zero-order valence-corrected chi connectivity index (χ0v) is 22.7. The fraction of sp³-hybridized carbons (Fsp3) is 0.625. The Morgan fingerprint density at radius 3 is 2.11 bits per heavy atom. The topological polar surface area (TPSA) is 145 Å². The molecule has 1 heterocycles. The second-order valence-corrected chi connectivity index (χ2v) is 11.7. The molecule has 2 unspecified atom stereocenters. The molecule has 0 aliphatic carbocycles. The van der Waals surface area contributed by atoms with E-state index in [1.807, 2.05) is 0 Å². The Bertz CT molecular complexity index is 1110. The highest BCUT2D eigenvalue weighted by molar-refractivity contribution is 7.89. The minimum Gasteiger partial charge on any atom is -0.382 e. The highest BCUT2D eigenvalue weighted by atomic mass is 32.2. The lowest BCUT2D eigenvalue weighted by Crippen LogP contribution is -2.59. The molecule has 2 rings (SSSR count). The van der Waals surface area contributed by atoms with Crippen LogP contribution in [-0.2, 0) is 24.4 Å². The second-order valence-electron chi connectivity index (χ2n) is 10.0. The van der Waals surface area contributed by atoms with Gasteiger partial charge in [-0.1, -0.05) is 27.7 Å². The van der Waals surface area contributed by atoms with Crippen LogP contribution in [0.5, 0.6) is 0 Å². The van der Waals surface area contributed by atoms with Gasteiger partial charge < -0.3 is 20.6 Å². The Morgan fingerprint density at radius 1 is 1.05 bits per heavy atom. The van der Waals surface area contributed by atoms with Gasteiger partial charge in [-0.25, -0.2) is 8.42 Å². The lowest BCUT2D eigenvalue weighted by Gasteiger charge is -2.33. The molecule has 3 amide bonds. The number of benzene rings is 1. The number of likely N-dealkylation sites (tertiary alicyclic amines) is 1. The number of anilines is 1. The molecule has 0 saturated carbocycles. The minimum absolute atomic E-state index is 0.113. The lowest BCUT2D eigenvalue weighted by atomic mass is 9.97. The first-order valence-corrected chi connectivity index (χ1v) is 13.7. The maximum absolute atomic E-state index is 13.4. The first-order valence-electron chi connectivity index (χ1n) is 12.2. The van der Waals surface area contributed by atoms with Crippen molar-refractivity contribution in [2.24, 2.45) is 11.8 Å². The van der Waals surface area contributed by atoms with Crippen molar-refractivity contribution in [1.82, 2.24) is 14.9 Å². The molecule has 38 heavy (non-hydrogen) atoms. The molecule has 1 aliphatic rings. The summed E-state index contributed by atoms with van der Waals surface area (Å²) >= 11 is 0. The summed E-state index contributed by atoms with van der Waals surface area (Å²) in [5, 5.41) is 14.5. The normalized spacial score (nSPS) is 18.8. The van der Waals surface area contributed by atoms with E-state index in [0.717, 1.165) is 0 Å². The van der Waals surface area contributed by atoms with Crippen molar-refractivity contribution in [1.29, 1.82) is 0 Å². The summed E-state index contributed by atoms with van der Waals surface area (Å²) in [6.07, 6.45) is -7.18. The van der Waals surface area contributed by atoms with Gasteiger partial charge in [-0.3, -0.25) is 14.4 Å². The molecule has 0 bridgehead atoms. The largest absolute Gasteiger partial charge is 0.416 e. The van der Waals surface area contributed by atoms with Gasteiger partial charge in [0.1, 0.15) is 12.1 Å². The molecular weight excluding hydrogens is 529 g/mol. The Balaban J connectivity index is 2.22. The van der Waals surface area contributed by atoms with Crippen molar-refractivity contribution in [3.63, 3.8) is 0 Å². The van der Waals surface area contributed by atoms with E-state index in [2.05, 4.69) is 15.4 Å². The minimum atomic E-state index is -4.95. The average Bonchev–Trinajstić information content (AvgIpc) is 3.29. The standard InChI is InChI=1S/C24H35F3N4O6S/c1-13(2)19(21(33)24(25,26)27)29-22(34)18-7-6-12-31(18)23(35)20(14(3)4)30-38(36,37)17-10-8-16(9-11-17)28-15(5)32/h8-11,13-14,18-21,30,33H,6-7,12H2,1-5H3,(H,28,32)(H,29,34)/t18-,19?,20-,21?/m0/s1. The number of amides is 3. The predicted octanol–water partition coefficient (Wildman–Crippen LogP) is 2.00. The summed E-state index contributed by atoms with van der Waals surface area (Å²) in [5.74, 6) is -3.16. The van der Waals surface area contributed by atoms with Crippen molar-refractivity contribution in [3.05, 3.63) is 24.3 Å². The number of hydrogen-bond acceptors (Lipinski definition) is 6. The number of aliphatic hydroxyl groups excluding tert-OH is 1. The van der Waals surface area contributed by atoms with Crippen LogP contribution in [-0.4, -0.2) is 73.1 Å². The number of carbonyl (C=O) groups is 3. The van der Waals surface area contributed by atoms with Gasteiger partial charge in [-0.05, 0) is 48.9 Å². The number of hydrogen-bond donors (Lipinski definition) is 4. The van der Waals surface area contributed by atoms with E-state index in [1.54, 1.807) is 13.8 Å². The van der Waals surface area contributed by atoms with E-state index >= 15 is 0 Å². The summed E-state index contributed by atoms with van der Waals surface area (Å²) in [5.41, 5.74) is 0.384. The van der Waals surface area contributed by atoms with Gasteiger partial charge >= 0.3 is 6.18 Å². The molecule has 14 heteroatoms. The van der Waals surface area contributed by atoms with Crippen LogP contribution >= 0.6 is 0 Å². The Morgan fingerprint density at radius 2 is 1.63 bits per heavy atom. The molecule has 1 aromatic carbocycles. The number of carbonyl (C=O) groups excluding carboxylic acids is 3. The maximum atomic E-state index is 13.4. The number of nitrogens with one attached hydrogen (secondary N) is 3. The summed E-state index contributed by atoms with van der Waals surface area (Å²) in [4.78, 5) is 38.6. The fourth-order valence-electron chi connectivity index (χ4n) is 4.18. The van der Waals surface area contributed by atoms with E-state index in [1.165, 1.54) is 49.9 Å². The van der Waals surface area contributed by atoms with E-state index < -0.39 is 64.1 Å². The molecule has 1 aliphatic heterocycles. The molecule has 0 spiro atoms. The number of halogens is 3. The van der Waals surface area contributed by atoms with E-state index in [-0.39, 0.29) is 23.8 Å². The molecule has 10 nitrogen and oxygen atoms in total. The van der Waals surface area contributed by atoms with Gasteiger partial charge in [-0.15, -0.1) is 0 Å². The molecule has 4 atom stereocenters. The molecule has 0 radical (unpaired) electrons. The Labute approximate surface area is 220 Å². The van der Waals surface area contributed by atoms with E-state index in [0.29, 0.717) is 12.1 Å². The maximum Gasteiger partial charge on any atom is 0.416 e. The molecule has 214 valence electrons. The quantitative estimate of drug-likeness (QED) is 0.342. The predicted molar refractivity (Wildman–Crippen MR) is 133 cm³/mol. The number of alkyl halides is 3. The summed E-state index contributed by atoms with van der Waals surface area (Å²) < 4.78 is 67.8. The molecule has 1 saturated heterocycles. The number of rotatable bonds is 10. The SMILES string of the molecule is CC(=O)Nc1ccc(S(=O)(=O)N[C@H](C(=O)N2CCC[C@H]2C(=O)NC(C(C)C)C(O)C(F)(F)F)C(C)C)cc1. The lowest BCUT2D eigenvalue weighted by molar-refractivity contribution is -0.215. The van der Waals surface area contributed by atoms with Crippen LogP contribution in [0.4, 0.5) is 18.9 Å². The molecule has 1 aromatic rings. The highest BCUT2D eigenvalue weighted by Gasteiger charge is 2.47. The molecular formula is C24H35F3N4O6S. The first kappa shape index (κ1) is 31.5. The van der Waals surface area contributed by atoms with E-state index in [4.69, 9.17) is 0 Å². The Hall–Kier alpha value is -2.71. The van der Waals surface area contributed by atoms with Gasteiger partial charge in [0, 0.05) is 19.2 Å². The van der Waals surface area contributed by atoms with Gasteiger partial charge in [0.15, 0.2) is 6.10 Å². The summed E-state index contributed by atoms with van der Waals surface area (Å²) in [6, 6.07) is 1.31. The molecule has 1 fully saturated rings. The number of aliphatic hydroxyl groups is 1. The third kappa shape index (κ3) is 7.90. The van der Waals surface area contributed by atoms with Crippen molar-refractivity contribution in [3.8, 4) is 0 Å². The summed E-state index contributed by atoms with van der Waals surface area (Å²) in [6.45, 7) is 7.49. The zero-order valence-electron chi connectivity index (χ0n) is 21.9. The van der Waals surface area contributed by atoms with Crippen LogP contribution < -0.4 is 15.4 Å². The van der Waals surface area contributed by atoms with Gasteiger partial charge in [0.25, 0.3) is 0 Å². The highest BCUT2D eigenvalue weighted by Crippen LogP contribution is 2.27. The van der Waals surface area contributed by atoms with E-state index in [9.17, 15) is 41.1 Å². The van der Waals surface area contributed by atoms with Crippen LogP contribution in [0.3, 0.4) is 0 Å². The smallest absolute Gasteiger partial charge is 0.382 e. The number of nitrogens with zero attached hydrogens (tertiary/aromatic N) is 1. The van der Waals surface area contributed by atoms with Crippen LogP contribution in [0.15, 0.2) is 29.2 Å². The van der Waals surface area contributed by atoms with Crippen LogP contribution in [0.2, 0.25) is 0 Å². The molecule has 0 aromatic heterocycles. The monoisotopic (exact) mass is 564 g/mol. The van der Waals surface area contributed by atoms with Crippen molar-refractivity contribution in [2.75, 3.05) is 11.9 Å². The fourth-order valence-corrected chi connectivity index (χ4v) is 5.52. The van der Waals surface area contributed by atoms with Crippen LogP contribution in [0, 0.1) is 11.8 Å². The van der Waals surface area contributed by atoms with Crippen molar-refractivity contribution in [2.45, 2.75) is 82.8 Å². The third-order valence-corrected chi connectivity index (χ3v) is 7.70. The number of sulfonamides is 1. The molecule has 4 N–H and O–H groups in total. The summed E-state index contributed by atoms with van der Waals surface area (Å²) in [7, 11) is -4.19. The zero-order chi connectivity index (χ0) is 29.0. The van der Waals surface area contributed by atoms with Gasteiger partial charge in [0.05, 0.1) is 10.9 Å². The average molecular weight is 565 g/mol.